The molecule has 0 saturated carbocycles. The third-order valence-corrected chi connectivity index (χ3v) is 2.93. The maximum atomic E-state index is 11.7. The number of hydrogen-bond acceptors (Lipinski definition) is 3. The van der Waals surface area contributed by atoms with Gasteiger partial charge in [0.25, 0.3) is 5.91 Å². The highest BCUT2D eigenvalue weighted by atomic mass is 35.5. The van der Waals surface area contributed by atoms with E-state index in [0.29, 0.717) is 5.69 Å². The van der Waals surface area contributed by atoms with Gasteiger partial charge in [0.15, 0.2) is 6.39 Å². The third kappa shape index (κ3) is 2.72. The highest BCUT2D eigenvalue weighted by Gasteiger charge is 2.28. The highest BCUT2D eigenvalue weighted by Crippen LogP contribution is 2.16. The minimum atomic E-state index is -0.488. The van der Waals surface area contributed by atoms with Crippen molar-refractivity contribution in [1.29, 1.82) is 0 Å². The molecular formula is C10H15ClN2O2. The molecule has 1 N–H and O–H groups in total. The van der Waals surface area contributed by atoms with Gasteiger partial charge in [0.1, 0.15) is 0 Å². The highest BCUT2D eigenvalue weighted by molar-refractivity contribution is 6.21. The van der Waals surface area contributed by atoms with Gasteiger partial charge in [-0.2, -0.15) is 0 Å². The SMILES string of the molecule is Cc1ncoc1C(=O)NC(C)(C)C(C)Cl. The molecule has 15 heavy (non-hydrogen) atoms. The summed E-state index contributed by atoms with van der Waals surface area (Å²) in [6.07, 6.45) is 1.25. The van der Waals surface area contributed by atoms with Crippen LogP contribution < -0.4 is 5.32 Å². The van der Waals surface area contributed by atoms with Crippen LogP contribution in [0.4, 0.5) is 0 Å². The Balaban J connectivity index is 2.77. The molecule has 0 saturated heterocycles. The first-order chi connectivity index (χ1) is 6.84. The summed E-state index contributed by atoms with van der Waals surface area (Å²) < 4.78 is 4.99. The third-order valence-electron chi connectivity index (χ3n) is 2.38. The van der Waals surface area contributed by atoms with Crippen LogP contribution in [0.5, 0.6) is 0 Å². The van der Waals surface area contributed by atoms with Crippen LogP contribution in [0, 0.1) is 6.92 Å². The number of nitrogens with zero attached hydrogens (tertiary/aromatic N) is 1. The summed E-state index contributed by atoms with van der Waals surface area (Å²) in [5, 5.41) is 2.62. The first-order valence-corrected chi connectivity index (χ1v) is 5.15. The Morgan fingerprint density at radius 3 is 2.67 bits per heavy atom. The largest absolute Gasteiger partial charge is 0.438 e. The Bertz CT molecular complexity index is 358. The van der Waals surface area contributed by atoms with Crippen molar-refractivity contribution in [3.8, 4) is 0 Å². The zero-order valence-electron chi connectivity index (χ0n) is 9.30. The van der Waals surface area contributed by atoms with Crippen LogP contribution in [0.15, 0.2) is 10.8 Å². The Labute approximate surface area is 94.0 Å². The van der Waals surface area contributed by atoms with E-state index in [0.717, 1.165) is 0 Å². The molecule has 1 atom stereocenters. The lowest BCUT2D eigenvalue weighted by molar-refractivity contribution is 0.0883. The lowest BCUT2D eigenvalue weighted by Gasteiger charge is -2.28. The van der Waals surface area contributed by atoms with Crippen LogP contribution in [0.2, 0.25) is 0 Å². The summed E-state index contributed by atoms with van der Waals surface area (Å²) in [7, 11) is 0. The quantitative estimate of drug-likeness (QED) is 0.810. The Hall–Kier alpha value is -1.03. The average Bonchev–Trinajstić information content (AvgIpc) is 2.50. The molecule has 1 rings (SSSR count). The second kappa shape index (κ2) is 4.23. The second-order valence-corrected chi connectivity index (χ2v) is 4.71. The summed E-state index contributed by atoms with van der Waals surface area (Å²) in [5.41, 5.74) is 0.0863. The van der Waals surface area contributed by atoms with Gasteiger partial charge in [0.05, 0.1) is 16.6 Å². The van der Waals surface area contributed by atoms with Crippen LogP contribution >= 0.6 is 11.6 Å². The van der Waals surface area contributed by atoms with Crippen molar-refractivity contribution in [2.75, 3.05) is 0 Å². The van der Waals surface area contributed by atoms with Crippen LogP contribution in [0.1, 0.15) is 37.0 Å². The van der Waals surface area contributed by atoms with Gasteiger partial charge in [-0.25, -0.2) is 4.98 Å². The van der Waals surface area contributed by atoms with E-state index in [-0.39, 0.29) is 17.0 Å². The van der Waals surface area contributed by atoms with Crippen LogP contribution in [0.3, 0.4) is 0 Å². The van der Waals surface area contributed by atoms with E-state index < -0.39 is 5.54 Å². The Morgan fingerprint density at radius 1 is 1.67 bits per heavy atom. The van der Waals surface area contributed by atoms with Gasteiger partial charge in [0.2, 0.25) is 5.76 Å². The van der Waals surface area contributed by atoms with Crippen molar-refractivity contribution in [3.63, 3.8) is 0 Å². The molecule has 0 aromatic carbocycles. The number of carbonyl (C=O) groups is 1. The monoisotopic (exact) mass is 230 g/mol. The molecule has 84 valence electrons. The second-order valence-electron chi connectivity index (χ2n) is 4.06. The molecule has 0 fully saturated rings. The molecule has 0 aliphatic rings. The number of rotatable bonds is 3. The summed E-state index contributed by atoms with van der Waals surface area (Å²) in [5.74, 6) is -0.0529. The van der Waals surface area contributed by atoms with E-state index in [1.54, 1.807) is 6.92 Å². The fourth-order valence-electron chi connectivity index (χ4n) is 0.969. The molecule has 0 radical (unpaired) electrons. The van der Waals surface area contributed by atoms with Crippen molar-refractivity contribution < 1.29 is 9.21 Å². The van der Waals surface area contributed by atoms with Crippen molar-refractivity contribution in [2.24, 2.45) is 0 Å². The van der Waals surface area contributed by atoms with Crippen LogP contribution in [-0.4, -0.2) is 21.8 Å². The number of amides is 1. The van der Waals surface area contributed by atoms with Crippen molar-refractivity contribution >= 4 is 17.5 Å². The van der Waals surface area contributed by atoms with Crippen molar-refractivity contribution in [3.05, 3.63) is 17.8 Å². The fraction of sp³-hybridized carbons (Fsp3) is 0.600. The molecule has 0 aliphatic carbocycles. The number of aryl methyl sites for hydroxylation is 1. The Morgan fingerprint density at radius 2 is 2.27 bits per heavy atom. The number of aromatic nitrogens is 1. The molecule has 0 spiro atoms. The zero-order chi connectivity index (χ0) is 11.6. The van der Waals surface area contributed by atoms with Gasteiger partial charge in [-0.05, 0) is 27.7 Å². The number of hydrogen-bond donors (Lipinski definition) is 1. The predicted octanol–water partition coefficient (Wildman–Crippen LogP) is 2.12. The molecule has 1 amide bonds. The molecular weight excluding hydrogens is 216 g/mol. The van der Waals surface area contributed by atoms with Crippen LogP contribution in [0.25, 0.3) is 0 Å². The topological polar surface area (TPSA) is 55.1 Å². The molecule has 0 aliphatic heterocycles. The first-order valence-electron chi connectivity index (χ1n) is 4.71. The standard InChI is InChI=1S/C10H15ClN2O2/c1-6-8(15-5-12-6)9(14)13-10(3,4)7(2)11/h5,7H,1-4H3,(H,13,14). The van der Waals surface area contributed by atoms with Gasteiger partial charge in [0, 0.05) is 0 Å². The summed E-state index contributed by atoms with van der Waals surface area (Å²) in [6, 6.07) is 0. The summed E-state index contributed by atoms with van der Waals surface area (Å²) >= 11 is 5.95. The maximum Gasteiger partial charge on any atom is 0.289 e. The molecule has 1 aromatic heterocycles. The number of nitrogens with one attached hydrogen (secondary N) is 1. The predicted molar refractivity (Wildman–Crippen MR) is 58.1 cm³/mol. The smallest absolute Gasteiger partial charge is 0.289 e. The first kappa shape index (κ1) is 12.0. The van der Waals surface area contributed by atoms with Gasteiger partial charge in [-0.3, -0.25) is 4.79 Å². The van der Waals surface area contributed by atoms with Gasteiger partial charge in [-0.15, -0.1) is 11.6 Å². The number of alkyl halides is 1. The fourth-order valence-corrected chi connectivity index (χ4v) is 1.02. The van der Waals surface area contributed by atoms with E-state index >= 15 is 0 Å². The van der Waals surface area contributed by atoms with E-state index in [4.69, 9.17) is 16.0 Å². The van der Waals surface area contributed by atoms with Gasteiger partial charge < -0.3 is 9.73 Å². The Kier molecular flexibility index (Phi) is 3.39. The number of carbonyl (C=O) groups excluding carboxylic acids is 1. The van der Waals surface area contributed by atoms with Crippen molar-refractivity contribution in [2.45, 2.75) is 38.6 Å². The molecule has 1 heterocycles. The number of oxazole rings is 1. The molecule has 0 bridgehead atoms. The van der Waals surface area contributed by atoms with Crippen LogP contribution in [-0.2, 0) is 0 Å². The average molecular weight is 231 g/mol. The van der Waals surface area contributed by atoms with E-state index in [1.807, 2.05) is 20.8 Å². The van der Waals surface area contributed by atoms with Gasteiger partial charge >= 0.3 is 0 Å². The zero-order valence-corrected chi connectivity index (χ0v) is 10.1. The molecule has 1 unspecified atom stereocenters. The lowest BCUT2D eigenvalue weighted by Crippen LogP contribution is -2.49. The maximum absolute atomic E-state index is 11.7. The lowest BCUT2D eigenvalue weighted by atomic mass is 10.0. The minimum absolute atomic E-state index is 0.176. The molecule has 4 nitrogen and oxygen atoms in total. The van der Waals surface area contributed by atoms with E-state index in [9.17, 15) is 4.79 Å². The van der Waals surface area contributed by atoms with Gasteiger partial charge in [-0.1, -0.05) is 0 Å². The van der Waals surface area contributed by atoms with Crippen molar-refractivity contribution in [1.82, 2.24) is 10.3 Å². The summed E-state index contributed by atoms with van der Waals surface area (Å²) in [6.45, 7) is 7.26. The normalized spacial score (nSPS) is 13.7. The summed E-state index contributed by atoms with van der Waals surface area (Å²) in [4.78, 5) is 15.6. The van der Waals surface area contributed by atoms with E-state index in [2.05, 4.69) is 10.3 Å². The molecule has 5 heteroatoms. The molecule has 1 aromatic rings. The minimum Gasteiger partial charge on any atom is -0.438 e. The number of halogens is 1. The van der Waals surface area contributed by atoms with E-state index in [1.165, 1.54) is 6.39 Å².